The van der Waals surface area contributed by atoms with E-state index in [4.69, 9.17) is 4.74 Å². The predicted molar refractivity (Wildman–Crippen MR) is 64.6 cm³/mol. The standard InChI is InChI=1S/C13H24N2O/c1-10-12(6-9-16-10)15-8-3-5-13(15)11-4-2-7-14-11/h10-14H,2-9H2,1H3. The molecule has 0 aromatic carbocycles. The molecule has 0 spiro atoms. The van der Waals surface area contributed by atoms with Crippen LogP contribution >= 0.6 is 0 Å². The monoisotopic (exact) mass is 224 g/mol. The van der Waals surface area contributed by atoms with Crippen molar-refractivity contribution in [2.45, 2.75) is 63.3 Å². The summed E-state index contributed by atoms with van der Waals surface area (Å²) in [5, 5.41) is 3.68. The molecule has 16 heavy (non-hydrogen) atoms. The molecular formula is C13H24N2O. The van der Waals surface area contributed by atoms with Crippen LogP contribution < -0.4 is 5.32 Å². The van der Waals surface area contributed by atoms with Crippen LogP contribution in [0.25, 0.3) is 0 Å². The minimum absolute atomic E-state index is 0.446. The molecule has 4 unspecified atom stereocenters. The molecule has 0 amide bonds. The summed E-state index contributed by atoms with van der Waals surface area (Å²) in [6.07, 6.45) is 7.20. The smallest absolute Gasteiger partial charge is 0.0703 e. The fourth-order valence-electron chi connectivity index (χ4n) is 3.85. The Balaban J connectivity index is 1.68. The average molecular weight is 224 g/mol. The van der Waals surface area contributed by atoms with E-state index in [2.05, 4.69) is 17.1 Å². The van der Waals surface area contributed by atoms with Crippen LogP contribution in [0.3, 0.4) is 0 Å². The molecule has 0 radical (unpaired) electrons. The van der Waals surface area contributed by atoms with Crippen molar-refractivity contribution >= 4 is 0 Å². The molecule has 0 aromatic rings. The second-order valence-corrected chi connectivity index (χ2v) is 5.58. The van der Waals surface area contributed by atoms with E-state index in [-0.39, 0.29) is 0 Å². The summed E-state index contributed by atoms with van der Waals surface area (Å²) in [6.45, 7) is 5.73. The molecule has 3 saturated heterocycles. The van der Waals surface area contributed by atoms with Gasteiger partial charge in [0.25, 0.3) is 0 Å². The Bertz CT molecular complexity index is 240. The highest BCUT2D eigenvalue weighted by atomic mass is 16.5. The van der Waals surface area contributed by atoms with Gasteiger partial charge in [0.2, 0.25) is 0 Å². The first-order valence-corrected chi connectivity index (χ1v) is 6.97. The normalized spacial score (nSPS) is 45.6. The van der Waals surface area contributed by atoms with E-state index in [0.29, 0.717) is 12.1 Å². The van der Waals surface area contributed by atoms with Crippen LogP contribution in [0.4, 0.5) is 0 Å². The van der Waals surface area contributed by atoms with Crippen LogP contribution in [0.2, 0.25) is 0 Å². The zero-order valence-electron chi connectivity index (χ0n) is 10.3. The van der Waals surface area contributed by atoms with Gasteiger partial charge in [-0.1, -0.05) is 0 Å². The van der Waals surface area contributed by atoms with E-state index in [0.717, 1.165) is 18.7 Å². The Morgan fingerprint density at radius 3 is 2.75 bits per heavy atom. The lowest BCUT2D eigenvalue weighted by Gasteiger charge is -2.35. The Morgan fingerprint density at radius 1 is 1.12 bits per heavy atom. The molecule has 92 valence electrons. The van der Waals surface area contributed by atoms with Crippen molar-refractivity contribution in [1.82, 2.24) is 10.2 Å². The van der Waals surface area contributed by atoms with E-state index in [1.165, 1.54) is 45.2 Å². The molecule has 0 aromatic heterocycles. The zero-order valence-corrected chi connectivity index (χ0v) is 10.3. The van der Waals surface area contributed by atoms with Gasteiger partial charge in [0, 0.05) is 24.7 Å². The van der Waals surface area contributed by atoms with Crippen LogP contribution in [-0.2, 0) is 4.74 Å². The number of rotatable bonds is 2. The first kappa shape index (κ1) is 11.0. The van der Waals surface area contributed by atoms with Crippen molar-refractivity contribution in [3.8, 4) is 0 Å². The third kappa shape index (κ3) is 1.89. The minimum Gasteiger partial charge on any atom is -0.377 e. The summed E-state index contributed by atoms with van der Waals surface area (Å²) >= 11 is 0. The molecule has 3 aliphatic heterocycles. The molecule has 0 saturated carbocycles. The van der Waals surface area contributed by atoms with Gasteiger partial charge in [-0.05, 0) is 52.1 Å². The van der Waals surface area contributed by atoms with Crippen molar-refractivity contribution in [3.63, 3.8) is 0 Å². The lowest BCUT2D eigenvalue weighted by atomic mass is 10.0. The summed E-state index contributed by atoms with van der Waals surface area (Å²) in [5.74, 6) is 0. The molecule has 0 bridgehead atoms. The number of nitrogens with zero attached hydrogens (tertiary/aromatic N) is 1. The lowest BCUT2D eigenvalue weighted by molar-refractivity contribution is 0.0623. The summed E-state index contributed by atoms with van der Waals surface area (Å²) in [7, 11) is 0. The Morgan fingerprint density at radius 2 is 2.06 bits per heavy atom. The second-order valence-electron chi connectivity index (χ2n) is 5.58. The number of nitrogens with one attached hydrogen (secondary N) is 1. The van der Waals surface area contributed by atoms with Gasteiger partial charge in [0.15, 0.2) is 0 Å². The average Bonchev–Trinajstić information content (AvgIpc) is 2.95. The van der Waals surface area contributed by atoms with E-state index in [9.17, 15) is 0 Å². The van der Waals surface area contributed by atoms with Gasteiger partial charge in [0.1, 0.15) is 0 Å². The highest BCUT2D eigenvalue weighted by Crippen LogP contribution is 2.31. The number of hydrogen-bond acceptors (Lipinski definition) is 3. The van der Waals surface area contributed by atoms with Gasteiger partial charge in [-0.2, -0.15) is 0 Å². The van der Waals surface area contributed by atoms with E-state index in [1.807, 2.05) is 0 Å². The van der Waals surface area contributed by atoms with Crippen molar-refractivity contribution in [1.29, 1.82) is 0 Å². The molecule has 3 nitrogen and oxygen atoms in total. The molecule has 3 heteroatoms. The van der Waals surface area contributed by atoms with Gasteiger partial charge in [-0.25, -0.2) is 0 Å². The number of ether oxygens (including phenoxy) is 1. The van der Waals surface area contributed by atoms with Gasteiger partial charge in [-0.3, -0.25) is 4.90 Å². The summed E-state index contributed by atoms with van der Waals surface area (Å²) in [4.78, 5) is 2.75. The SMILES string of the molecule is CC1OCCC1N1CCCC1C1CCCN1. The van der Waals surface area contributed by atoms with E-state index in [1.54, 1.807) is 0 Å². The fraction of sp³-hybridized carbons (Fsp3) is 1.00. The largest absolute Gasteiger partial charge is 0.377 e. The van der Waals surface area contributed by atoms with Crippen molar-refractivity contribution in [2.75, 3.05) is 19.7 Å². The van der Waals surface area contributed by atoms with Gasteiger partial charge in [0.05, 0.1) is 6.10 Å². The lowest BCUT2D eigenvalue weighted by Crippen LogP contribution is -2.50. The van der Waals surface area contributed by atoms with Crippen LogP contribution in [-0.4, -0.2) is 48.8 Å². The Labute approximate surface area is 98.5 Å². The summed E-state index contributed by atoms with van der Waals surface area (Å²) in [6, 6.07) is 2.24. The first-order chi connectivity index (χ1) is 7.86. The van der Waals surface area contributed by atoms with E-state index >= 15 is 0 Å². The third-order valence-electron chi connectivity index (χ3n) is 4.67. The molecule has 3 fully saturated rings. The van der Waals surface area contributed by atoms with Crippen LogP contribution in [0.1, 0.15) is 39.0 Å². The van der Waals surface area contributed by atoms with Gasteiger partial charge in [-0.15, -0.1) is 0 Å². The fourth-order valence-corrected chi connectivity index (χ4v) is 3.85. The Kier molecular flexibility index (Phi) is 3.18. The molecule has 1 N–H and O–H groups in total. The predicted octanol–water partition coefficient (Wildman–Crippen LogP) is 1.38. The summed E-state index contributed by atoms with van der Waals surface area (Å²) < 4.78 is 5.73. The topological polar surface area (TPSA) is 24.5 Å². The van der Waals surface area contributed by atoms with E-state index < -0.39 is 0 Å². The van der Waals surface area contributed by atoms with Crippen molar-refractivity contribution in [3.05, 3.63) is 0 Å². The second kappa shape index (κ2) is 4.63. The number of hydrogen-bond donors (Lipinski definition) is 1. The Hall–Kier alpha value is -0.120. The highest BCUT2D eigenvalue weighted by molar-refractivity contribution is 4.97. The van der Waals surface area contributed by atoms with Crippen LogP contribution in [0.15, 0.2) is 0 Å². The quantitative estimate of drug-likeness (QED) is 0.767. The molecule has 3 aliphatic rings. The molecule has 0 aliphatic carbocycles. The maximum Gasteiger partial charge on any atom is 0.0703 e. The molecule has 3 rings (SSSR count). The zero-order chi connectivity index (χ0) is 11.0. The maximum atomic E-state index is 5.73. The highest BCUT2D eigenvalue weighted by Gasteiger charge is 2.40. The molecule has 4 atom stereocenters. The maximum absolute atomic E-state index is 5.73. The van der Waals surface area contributed by atoms with Crippen LogP contribution in [0.5, 0.6) is 0 Å². The molecular weight excluding hydrogens is 200 g/mol. The third-order valence-corrected chi connectivity index (χ3v) is 4.67. The van der Waals surface area contributed by atoms with Crippen molar-refractivity contribution in [2.24, 2.45) is 0 Å². The van der Waals surface area contributed by atoms with Crippen LogP contribution in [0, 0.1) is 0 Å². The first-order valence-electron chi connectivity index (χ1n) is 6.97. The molecule has 3 heterocycles. The van der Waals surface area contributed by atoms with Crippen molar-refractivity contribution < 1.29 is 4.74 Å². The minimum atomic E-state index is 0.446. The van der Waals surface area contributed by atoms with Gasteiger partial charge >= 0.3 is 0 Å². The van der Waals surface area contributed by atoms with Gasteiger partial charge < -0.3 is 10.1 Å². The number of likely N-dealkylation sites (tertiary alicyclic amines) is 1. The summed E-state index contributed by atoms with van der Waals surface area (Å²) in [5.41, 5.74) is 0.